The Hall–Kier alpha value is -4.45. The third-order valence-electron chi connectivity index (χ3n) is 10.6. The van der Waals surface area contributed by atoms with Crippen LogP contribution in [0.3, 0.4) is 0 Å². The van der Waals surface area contributed by atoms with Crippen LogP contribution in [-0.2, 0) is 28.6 Å². The molecule has 0 heterocycles. The van der Waals surface area contributed by atoms with Crippen molar-refractivity contribution in [1.82, 2.24) is 0 Å². The van der Waals surface area contributed by atoms with E-state index >= 15 is 0 Å². The van der Waals surface area contributed by atoms with Crippen molar-refractivity contribution in [2.75, 3.05) is 13.2 Å². The van der Waals surface area contributed by atoms with E-state index in [0.717, 1.165) is 148 Å². The maximum atomic E-state index is 12.8. The lowest BCUT2D eigenvalue weighted by Crippen LogP contribution is -2.30. The third kappa shape index (κ3) is 52.4. The van der Waals surface area contributed by atoms with Gasteiger partial charge in [0.05, 0.1) is 0 Å². The number of hydrogen-bond donors (Lipinski definition) is 0. The van der Waals surface area contributed by atoms with E-state index in [1.54, 1.807) is 0 Å². The Kier molecular flexibility index (Phi) is 50.6. The summed E-state index contributed by atoms with van der Waals surface area (Å²) in [6, 6.07) is 0. The van der Waals surface area contributed by atoms with Crippen molar-refractivity contribution in [3.05, 3.63) is 134 Å². The predicted molar refractivity (Wildman–Crippen MR) is 288 cm³/mol. The molecule has 0 bridgehead atoms. The molecule has 0 saturated heterocycles. The number of rotatable bonds is 46. The number of unbranched alkanes of at least 4 members (excludes halogenated alkanes) is 13. The number of allylic oxidation sites excluding steroid dienone is 22. The first-order valence-electron chi connectivity index (χ1n) is 26.7. The first-order valence-corrected chi connectivity index (χ1v) is 26.7. The van der Waals surface area contributed by atoms with Crippen LogP contribution in [0, 0.1) is 0 Å². The van der Waals surface area contributed by atoms with Crippen molar-refractivity contribution < 1.29 is 28.6 Å². The van der Waals surface area contributed by atoms with Crippen molar-refractivity contribution in [1.29, 1.82) is 0 Å². The molecule has 1 unspecified atom stereocenters. The van der Waals surface area contributed by atoms with Gasteiger partial charge in [0, 0.05) is 19.3 Å². The lowest BCUT2D eigenvalue weighted by atomic mass is 10.1. The van der Waals surface area contributed by atoms with Crippen LogP contribution in [0.4, 0.5) is 0 Å². The minimum Gasteiger partial charge on any atom is -0.462 e. The van der Waals surface area contributed by atoms with Crippen molar-refractivity contribution in [3.8, 4) is 0 Å². The Morgan fingerprint density at radius 2 is 0.537 bits per heavy atom. The topological polar surface area (TPSA) is 78.9 Å². The Bertz CT molecular complexity index is 1480. The second-order valence-corrected chi connectivity index (χ2v) is 17.0. The zero-order valence-corrected chi connectivity index (χ0v) is 42.9. The molecule has 6 nitrogen and oxygen atoms in total. The van der Waals surface area contributed by atoms with Crippen LogP contribution in [0.1, 0.15) is 213 Å². The number of ether oxygens (including phenoxy) is 3. The minimum atomic E-state index is -0.816. The Morgan fingerprint density at radius 3 is 0.866 bits per heavy atom. The second-order valence-electron chi connectivity index (χ2n) is 17.0. The first-order chi connectivity index (χ1) is 33.0. The highest BCUT2D eigenvalue weighted by Crippen LogP contribution is 2.13. The van der Waals surface area contributed by atoms with Crippen LogP contribution >= 0.6 is 0 Å². The van der Waals surface area contributed by atoms with Gasteiger partial charge >= 0.3 is 17.9 Å². The van der Waals surface area contributed by atoms with Crippen molar-refractivity contribution in [2.24, 2.45) is 0 Å². The van der Waals surface area contributed by atoms with E-state index in [9.17, 15) is 14.4 Å². The van der Waals surface area contributed by atoms with E-state index in [1.807, 2.05) is 0 Å². The van der Waals surface area contributed by atoms with Gasteiger partial charge in [0.15, 0.2) is 6.10 Å². The summed E-state index contributed by atoms with van der Waals surface area (Å²) in [6.45, 7) is 6.22. The van der Waals surface area contributed by atoms with Gasteiger partial charge in [-0.1, -0.05) is 199 Å². The summed E-state index contributed by atoms with van der Waals surface area (Å²) in [7, 11) is 0. The largest absolute Gasteiger partial charge is 0.462 e. The lowest BCUT2D eigenvalue weighted by Gasteiger charge is -2.18. The van der Waals surface area contributed by atoms with Gasteiger partial charge in [0.2, 0.25) is 0 Å². The highest BCUT2D eigenvalue weighted by atomic mass is 16.6. The molecule has 0 rings (SSSR count). The molecular formula is C61H96O6. The van der Waals surface area contributed by atoms with E-state index in [0.29, 0.717) is 25.7 Å². The van der Waals surface area contributed by atoms with E-state index in [1.165, 1.54) is 19.3 Å². The van der Waals surface area contributed by atoms with Gasteiger partial charge in [-0.3, -0.25) is 14.4 Å². The molecule has 0 saturated carbocycles. The molecule has 0 fully saturated rings. The predicted octanol–water partition coefficient (Wildman–Crippen LogP) is 17.9. The van der Waals surface area contributed by atoms with E-state index in [2.05, 4.69) is 154 Å². The lowest BCUT2D eigenvalue weighted by molar-refractivity contribution is -0.167. The molecule has 0 aromatic carbocycles. The highest BCUT2D eigenvalue weighted by molar-refractivity contribution is 5.71. The molecule has 0 aliphatic carbocycles. The molecule has 0 N–H and O–H groups in total. The molecule has 376 valence electrons. The molecule has 0 aliphatic heterocycles. The standard InChI is InChI=1S/C61H96O6/c1-4-7-10-13-16-19-22-25-28-30-33-36-39-42-45-48-51-54-60(63)66-57-58(56-65-59(62)53-50-47-44-41-38-35-32-27-24-21-18-15-12-9-6-3)67-61(64)55-52-49-46-43-40-37-34-31-29-26-23-20-17-14-11-8-5-2/h7-12,16-21,25-29,32-33,36,38,41,58H,4-6,13-15,22-24,30-31,34-35,37,39-40,42-57H2,1-3H3/b10-7-,11-8-,12-9-,19-16-,20-17-,21-18-,28-25-,29-26-,32-27-,36-33-,41-38-. The van der Waals surface area contributed by atoms with Gasteiger partial charge in [0.25, 0.3) is 0 Å². The Balaban J connectivity index is 4.54. The van der Waals surface area contributed by atoms with Gasteiger partial charge in [-0.05, 0) is 128 Å². The monoisotopic (exact) mass is 925 g/mol. The van der Waals surface area contributed by atoms with Gasteiger partial charge in [-0.25, -0.2) is 0 Å². The van der Waals surface area contributed by atoms with Crippen LogP contribution in [-0.4, -0.2) is 37.2 Å². The van der Waals surface area contributed by atoms with Crippen LogP contribution in [0.2, 0.25) is 0 Å². The summed E-state index contributed by atoms with van der Waals surface area (Å²) < 4.78 is 16.8. The average Bonchev–Trinajstić information content (AvgIpc) is 3.33. The van der Waals surface area contributed by atoms with Gasteiger partial charge in [-0.2, -0.15) is 0 Å². The summed E-state index contributed by atoms with van der Waals surface area (Å²) in [4.78, 5) is 38.1. The fourth-order valence-electron chi connectivity index (χ4n) is 6.73. The van der Waals surface area contributed by atoms with Crippen molar-refractivity contribution in [2.45, 2.75) is 219 Å². The number of esters is 3. The Morgan fingerprint density at radius 1 is 0.299 bits per heavy atom. The normalized spacial score (nSPS) is 13.2. The highest BCUT2D eigenvalue weighted by Gasteiger charge is 2.19. The molecular weight excluding hydrogens is 829 g/mol. The summed E-state index contributed by atoms with van der Waals surface area (Å²) in [6.07, 6.45) is 75.8. The average molecular weight is 925 g/mol. The van der Waals surface area contributed by atoms with E-state index < -0.39 is 6.10 Å². The molecule has 0 aromatic heterocycles. The molecule has 6 heteroatoms. The third-order valence-corrected chi connectivity index (χ3v) is 10.6. The summed E-state index contributed by atoms with van der Waals surface area (Å²) in [5.41, 5.74) is 0. The fourth-order valence-corrected chi connectivity index (χ4v) is 6.73. The zero-order chi connectivity index (χ0) is 48.6. The molecule has 0 radical (unpaired) electrons. The van der Waals surface area contributed by atoms with Crippen molar-refractivity contribution in [3.63, 3.8) is 0 Å². The van der Waals surface area contributed by atoms with Crippen molar-refractivity contribution >= 4 is 17.9 Å². The number of carbonyl (C=O) groups is 3. The molecule has 67 heavy (non-hydrogen) atoms. The van der Waals surface area contributed by atoms with Gasteiger partial charge < -0.3 is 14.2 Å². The smallest absolute Gasteiger partial charge is 0.306 e. The molecule has 0 spiro atoms. The zero-order valence-electron chi connectivity index (χ0n) is 42.9. The molecule has 0 amide bonds. The van der Waals surface area contributed by atoms with E-state index in [4.69, 9.17) is 14.2 Å². The SMILES string of the molecule is CC/C=C\C/C=C\C/C=C\C/C=C\CCCCCCC(=O)OCC(COC(=O)CCCC/C=C\C/C=C\C/C=C\C/C=C\CC)OC(=O)CCCCCCCCC/C=C\C/C=C\C/C=C\CC. The van der Waals surface area contributed by atoms with Gasteiger partial charge in [0.1, 0.15) is 13.2 Å². The van der Waals surface area contributed by atoms with E-state index in [-0.39, 0.29) is 31.1 Å². The number of hydrogen-bond acceptors (Lipinski definition) is 6. The minimum absolute atomic E-state index is 0.113. The van der Waals surface area contributed by atoms with Crippen LogP contribution in [0.25, 0.3) is 0 Å². The maximum absolute atomic E-state index is 12.8. The second kappa shape index (κ2) is 54.2. The maximum Gasteiger partial charge on any atom is 0.306 e. The summed E-state index contributed by atoms with van der Waals surface area (Å²) in [5, 5.41) is 0. The fraction of sp³-hybridized carbons (Fsp3) is 0.590. The quantitative estimate of drug-likeness (QED) is 0.0262. The molecule has 0 aromatic rings. The van der Waals surface area contributed by atoms with Gasteiger partial charge in [-0.15, -0.1) is 0 Å². The molecule has 0 aliphatic rings. The van der Waals surface area contributed by atoms with Crippen LogP contribution < -0.4 is 0 Å². The summed E-state index contributed by atoms with van der Waals surface area (Å²) >= 11 is 0. The first kappa shape index (κ1) is 62.5. The molecule has 1 atom stereocenters. The summed E-state index contributed by atoms with van der Waals surface area (Å²) in [5.74, 6) is -0.995. The Labute approximate surface area is 411 Å². The van der Waals surface area contributed by atoms with Crippen LogP contribution in [0.15, 0.2) is 134 Å². The van der Waals surface area contributed by atoms with Crippen LogP contribution in [0.5, 0.6) is 0 Å². The number of carbonyl (C=O) groups excluding carboxylic acids is 3.